The third kappa shape index (κ3) is 2.37. The molecule has 2 heterocycles. The predicted octanol–water partition coefficient (Wildman–Crippen LogP) is 2.31. The molecule has 1 saturated heterocycles. The van der Waals surface area contributed by atoms with Crippen LogP contribution in [-0.2, 0) is 0 Å². The lowest BCUT2D eigenvalue weighted by molar-refractivity contribution is 0.812. The van der Waals surface area contributed by atoms with E-state index in [0.29, 0.717) is 6.04 Å². The molecular weight excluding hydrogens is 180 g/mol. The molecule has 1 N–H and O–H groups in total. The van der Waals surface area contributed by atoms with E-state index in [1.54, 1.807) is 0 Å². The Labute approximate surface area is 83.1 Å². The van der Waals surface area contributed by atoms with Gasteiger partial charge in [0.2, 0.25) is 0 Å². The summed E-state index contributed by atoms with van der Waals surface area (Å²) >= 11 is 2.03. The molecule has 70 valence electrons. The first-order valence-electron chi connectivity index (χ1n) is 4.61. The maximum Gasteiger partial charge on any atom is 0.0393 e. The van der Waals surface area contributed by atoms with Crippen molar-refractivity contribution in [2.24, 2.45) is 0 Å². The van der Waals surface area contributed by atoms with Gasteiger partial charge < -0.3 is 5.32 Å². The Morgan fingerprint density at radius 1 is 1.62 bits per heavy atom. The van der Waals surface area contributed by atoms with Crippen LogP contribution in [0.15, 0.2) is 18.3 Å². The van der Waals surface area contributed by atoms with Crippen molar-refractivity contribution in [1.82, 2.24) is 4.98 Å². The Hall–Kier alpha value is -0.700. The molecule has 0 aromatic carbocycles. The number of thioether (sulfide) groups is 1. The molecule has 0 amide bonds. The van der Waals surface area contributed by atoms with E-state index in [-0.39, 0.29) is 0 Å². The van der Waals surface area contributed by atoms with Crippen LogP contribution < -0.4 is 5.32 Å². The first-order valence-corrected chi connectivity index (χ1v) is 5.77. The summed E-state index contributed by atoms with van der Waals surface area (Å²) in [4.78, 5) is 4.17. The SMILES string of the molecule is Cc1cc(NC2CCSC2)ccn1. The van der Waals surface area contributed by atoms with Crippen molar-refractivity contribution in [3.05, 3.63) is 24.0 Å². The molecule has 1 unspecified atom stereocenters. The lowest BCUT2D eigenvalue weighted by Crippen LogP contribution is -2.17. The van der Waals surface area contributed by atoms with Crippen LogP contribution >= 0.6 is 11.8 Å². The number of aromatic nitrogens is 1. The van der Waals surface area contributed by atoms with Gasteiger partial charge in [0.15, 0.2) is 0 Å². The molecule has 0 saturated carbocycles. The highest BCUT2D eigenvalue weighted by atomic mass is 32.2. The van der Waals surface area contributed by atoms with Crippen LogP contribution in [0.1, 0.15) is 12.1 Å². The van der Waals surface area contributed by atoms with Gasteiger partial charge in [-0.2, -0.15) is 11.8 Å². The summed E-state index contributed by atoms with van der Waals surface area (Å²) in [7, 11) is 0. The van der Waals surface area contributed by atoms with E-state index in [1.807, 2.05) is 30.9 Å². The molecule has 1 aliphatic heterocycles. The van der Waals surface area contributed by atoms with Gasteiger partial charge in [-0.1, -0.05) is 0 Å². The van der Waals surface area contributed by atoms with E-state index in [2.05, 4.69) is 16.4 Å². The number of hydrogen-bond acceptors (Lipinski definition) is 3. The minimum atomic E-state index is 0.659. The van der Waals surface area contributed by atoms with Crippen molar-refractivity contribution in [3.8, 4) is 0 Å². The van der Waals surface area contributed by atoms with Gasteiger partial charge >= 0.3 is 0 Å². The molecule has 1 aromatic heterocycles. The van der Waals surface area contributed by atoms with Gasteiger partial charge in [0.05, 0.1) is 0 Å². The minimum absolute atomic E-state index is 0.659. The third-order valence-corrected chi connectivity index (χ3v) is 3.36. The van der Waals surface area contributed by atoms with Gasteiger partial charge in [-0.25, -0.2) is 0 Å². The summed E-state index contributed by atoms with van der Waals surface area (Å²) in [6, 6.07) is 4.80. The normalized spacial score (nSPS) is 21.8. The standard InChI is InChI=1S/C10H14N2S/c1-8-6-9(2-4-11-8)12-10-3-5-13-7-10/h2,4,6,10H,3,5,7H2,1H3,(H,11,12). The molecule has 1 aromatic rings. The maximum atomic E-state index is 4.17. The molecule has 0 radical (unpaired) electrons. The zero-order valence-electron chi connectivity index (χ0n) is 7.79. The van der Waals surface area contributed by atoms with Crippen LogP contribution in [0.2, 0.25) is 0 Å². The fourth-order valence-electron chi connectivity index (χ4n) is 1.52. The molecule has 13 heavy (non-hydrogen) atoms. The van der Waals surface area contributed by atoms with Crippen LogP contribution in [-0.4, -0.2) is 22.5 Å². The summed E-state index contributed by atoms with van der Waals surface area (Å²) < 4.78 is 0. The second-order valence-corrected chi connectivity index (χ2v) is 4.54. The molecule has 0 spiro atoms. The van der Waals surface area contributed by atoms with Crippen LogP contribution in [0.4, 0.5) is 5.69 Å². The van der Waals surface area contributed by atoms with E-state index >= 15 is 0 Å². The Morgan fingerprint density at radius 3 is 3.23 bits per heavy atom. The molecule has 1 aliphatic rings. The number of aryl methyl sites for hydroxylation is 1. The van der Waals surface area contributed by atoms with E-state index in [0.717, 1.165) is 5.69 Å². The summed E-state index contributed by atoms with van der Waals surface area (Å²) in [5.74, 6) is 2.53. The number of anilines is 1. The largest absolute Gasteiger partial charge is 0.381 e. The average molecular weight is 194 g/mol. The Balaban J connectivity index is 2.00. The zero-order valence-corrected chi connectivity index (χ0v) is 8.60. The highest BCUT2D eigenvalue weighted by molar-refractivity contribution is 7.99. The van der Waals surface area contributed by atoms with Gasteiger partial charge in [0.25, 0.3) is 0 Å². The van der Waals surface area contributed by atoms with Gasteiger partial charge in [0.1, 0.15) is 0 Å². The Bertz CT molecular complexity index is 282. The van der Waals surface area contributed by atoms with Crippen molar-refractivity contribution in [3.63, 3.8) is 0 Å². The molecule has 0 aliphatic carbocycles. The van der Waals surface area contributed by atoms with Crippen molar-refractivity contribution in [2.45, 2.75) is 19.4 Å². The maximum absolute atomic E-state index is 4.17. The summed E-state index contributed by atoms with van der Waals surface area (Å²) in [6.45, 7) is 2.02. The highest BCUT2D eigenvalue weighted by Gasteiger charge is 2.14. The highest BCUT2D eigenvalue weighted by Crippen LogP contribution is 2.21. The van der Waals surface area contributed by atoms with Gasteiger partial charge in [-0.15, -0.1) is 0 Å². The van der Waals surface area contributed by atoms with E-state index in [1.165, 1.54) is 23.6 Å². The van der Waals surface area contributed by atoms with Crippen LogP contribution in [0.5, 0.6) is 0 Å². The molecule has 1 atom stereocenters. The number of nitrogens with one attached hydrogen (secondary N) is 1. The quantitative estimate of drug-likeness (QED) is 0.782. The molecule has 1 fully saturated rings. The van der Waals surface area contributed by atoms with E-state index in [9.17, 15) is 0 Å². The zero-order chi connectivity index (χ0) is 9.10. The lowest BCUT2D eigenvalue weighted by atomic mass is 10.2. The van der Waals surface area contributed by atoms with Crippen LogP contribution in [0.25, 0.3) is 0 Å². The number of rotatable bonds is 2. The Kier molecular flexibility index (Phi) is 2.74. The first-order chi connectivity index (χ1) is 6.34. The fraction of sp³-hybridized carbons (Fsp3) is 0.500. The minimum Gasteiger partial charge on any atom is -0.381 e. The summed E-state index contributed by atoms with van der Waals surface area (Å²) in [6.07, 6.45) is 3.14. The second-order valence-electron chi connectivity index (χ2n) is 3.39. The molecule has 2 nitrogen and oxygen atoms in total. The number of nitrogens with zero attached hydrogens (tertiary/aromatic N) is 1. The predicted molar refractivity (Wildman–Crippen MR) is 58.3 cm³/mol. The molecule has 0 bridgehead atoms. The average Bonchev–Trinajstić information content (AvgIpc) is 2.57. The van der Waals surface area contributed by atoms with Crippen molar-refractivity contribution in [2.75, 3.05) is 16.8 Å². The van der Waals surface area contributed by atoms with Crippen LogP contribution in [0.3, 0.4) is 0 Å². The fourth-order valence-corrected chi connectivity index (χ4v) is 2.67. The summed E-state index contributed by atoms with van der Waals surface area (Å²) in [5, 5.41) is 3.52. The van der Waals surface area contributed by atoms with E-state index < -0.39 is 0 Å². The summed E-state index contributed by atoms with van der Waals surface area (Å²) in [5.41, 5.74) is 2.29. The van der Waals surface area contributed by atoms with Gasteiger partial charge in [0, 0.05) is 29.4 Å². The second kappa shape index (κ2) is 4.01. The third-order valence-electron chi connectivity index (χ3n) is 2.20. The molecule has 2 rings (SSSR count). The van der Waals surface area contributed by atoms with Gasteiger partial charge in [-0.3, -0.25) is 4.98 Å². The number of pyridine rings is 1. The van der Waals surface area contributed by atoms with Crippen LogP contribution in [0, 0.1) is 6.92 Å². The monoisotopic (exact) mass is 194 g/mol. The van der Waals surface area contributed by atoms with Crippen molar-refractivity contribution in [1.29, 1.82) is 0 Å². The lowest BCUT2D eigenvalue weighted by Gasteiger charge is -2.12. The van der Waals surface area contributed by atoms with Gasteiger partial charge in [-0.05, 0) is 31.2 Å². The molecule has 3 heteroatoms. The first kappa shape index (κ1) is 8.88. The topological polar surface area (TPSA) is 24.9 Å². The Morgan fingerprint density at radius 2 is 2.54 bits per heavy atom. The number of hydrogen-bond donors (Lipinski definition) is 1. The van der Waals surface area contributed by atoms with E-state index in [4.69, 9.17) is 0 Å². The van der Waals surface area contributed by atoms with Crippen molar-refractivity contribution < 1.29 is 0 Å². The smallest absolute Gasteiger partial charge is 0.0393 e. The molecular formula is C10H14N2S. The van der Waals surface area contributed by atoms with Crippen molar-refractivity contribution >= 4 is 17.4 Å².